The number of hydrogen-bond acceptors (Lipinski definition) is 4. The molecule has 0 aromatic heterocycles. The van der Waals surface area contributed by atoms with E-state index >= 15 is 0 Å². The Bertz CT molecular complexity index is 1010. The molecule has 1 saturated carbocycles. The van der Waals surface area contributed by atoms with Crippen LogP contribution in [0.3, 0.4) is 0 Å². The van der Waals surface area contributed by atoms with Gasteiger partial charge in [0.15, 0.2) is 0 Å². The molecule has 2 atom stereocenters. The van der Waals surface area contributed by atoms with Crippen molar-refractivity contribution >= 4 is 21.9 Å². The molecule has 2 aromatic rings. The number of benzene rings is 2. The molecule has 0 bridgehead atoms. The molecule has 1 N–H and O–H groups in total. The van der Waals surface area contributed by atoms with Gasteiger partial charge < -0.3 is 5.32 Å². The van der Waals surface area contributed by atoms with Gasteiger partial charge in [-0.2, -0.15) is 0 Å². The van der Waals surface area contributed by atoms with Crippen LogP contribution in [0.4, 0.5) is 5.69 Å². The fourth-order valence-electron chi connectivity index (χ4n) is 4.52. The number of aliphatic imine (C=N–C) groups is 1. The predicted octanol–water partition coefficient (Wildman–Crippen LogP) is 3.36. The number of nitrogens with zero attached hydrogens (tertiary/aromatic N) is 2. The molecule has 0 radical (unpaired) electrons. The van der Waals surface area contributed by atoms with Gasteiger partial charge in [0, 0.05) is 18.7 Å². The standard InChI is InChI=1S/C23H27N3O2S/c27-29(28,20-4-2-1-3-5-20)26-13-10-19-14-18(6-7-23(19)26)21-15-22(21)25-16-17-8-11-24-12-9-17/h1-7,14,16-17,21-22,24H,8-13,15H2/b25-16+. The lowest BCUT2D eigenvalue weighted by Crippen LogP contribution is -2.29. The van der Waals surface area contributed by atoms with E-state index in [-0.39, 0.29) is 0 Å². The molecule has 1 saturated heterocycles. The van der Waals surface area contributed by atoms with Crippen LogP contribution in [0.15, 0.2) is 58.4 Å². The first-order valence-electron chi connectivity index (χ1n) is 10.6. The lowest BCUT2D eigenvalue weighted by atomic mass is 10.00. The van der Waals surface area contributed by atoms with Crippen LogP contribution in [0.2, 0.25) is 0 Å². The van der Waals surface area contributed by atoms with Crippen LogP contribution in [0.25, 0.3) is 0 Å². The van der Waals surface area contributed by atoms with Crippen molar-refractivity contribution in [2.24, 2.45) is 10.9 Å². The third kappa shape index (κ3) is 3.71. The first-order chi connectivity index (χ1) is 14.1. The van der Waals surface area contributed by atoms with Gasteiger partial charge in [-0.3, -0.25) is 9.30 Å². The number of piperidine rings is 1. The van der Waals surface area contributed by atoms with E-state index < -0.39 is 10.0 Å². The topological polar surface area (TPSA) is 61.8 Å². The fraction of sp³-hybridized carbons (Fsp3) is 0.435. The first-order valence-corrected chi connectivity index (χ1v) is 12.0. The number of anilines is 1. The Morgan fingerprint density at radius 2 is 1.86 bits per heavy atom. The molecule has 2 heterocycles. The maximum absolute atomic E-state index is 13.0. The highest BCUT2D eigenvalue weighted by molar-refractivity contribution is 7.92. The molecule has 0 amide bonds. The Morgan fingerprint density at radius 3 is 2.66 bits per heavy atom. The van der Waals surface area contributed by atoms with Crippen LogP contribution in [0.1, 0.15) is 36.3 Å². The van der Waals surface area contributed by atoms with Crippen LogP contribution in [-0.4, -0.2) is 40.3 Å². The summed E-state index contributed by atoms with van der Waals surface area (Å²) in [5.41, 5.74) is 3.26. The third-order valence-electron chi connectivity index (χ3n) is 6.34. The van der Waals surface area contributed by atoms with Crippen molar-refractivity contribution in [3.8, 4) is 0 Å². The zero-order chi connectivity index (χ0) is 19.8. The van der Waals surface area contributed by atoms with Gasteiger partial charge in [-0.25, -0.2) is 8.42 Å². The molecule has 0 spiro atoms. The maximum Gasteiger partial charge on any atom is 0.264 e. The minimum Gasteiger partial charge on any atom is -0.317 e. The van der Waals surface area contributed by atoms with E-state index in [0.717, 1.165) is 37.2 Å². The van der Waals surface area contributed by atoms with Crippen molar-refractivity contribution in [1.82, 2.24) is 5.32 Å². The summed E-state index contributed by atoms with van der Waals surface area (Å²) in [5.74, 6) is 1.10. The van der Waals surface area contributed by atoms with Gasteiger partial charge in [0.1, 0.15) is 0 Å². The van der Waals surface area contributed by atoms with Crippen LogP contribution in [0, 0.1) is 5.92 Å². The number of hydrogen-bond donors (Lipinski definition) is 1. The van der Waals surface area contributed by atoms with E-state index in [1.54, 1.807) is 28.6 Å². The highest BCUT2D eigenvalue weighted by Crippen LogP contribution is 2.45. The zero-order valence-corrected chi connectivity index (χ0v) is 17.3. The Hall–Kier alpha value is -2.18. The summed E-state index contributed by atoms with van der Waals surface area (Å²) in [6, 6.07) is 15.4. The molecule has 5 rings (SSSR count). The normalized spacial score (nSPS) is 24.8. The highest BCUT2D eigenvalue weighted by Gasteiger charge is 2.39. The minimum absolute atomic E-state index is 0.353. The second-order valence-electron chi connectivity index (χ2n) is 8.32. The van der Waals surface area contributed by atoms with Crippen LogP contribution < -0.4 is 9.62 Å². The Morgan fingerprint density at radius 1 is 1.07 bits per heavy atom. The van der Waals surface area contributed by atoms with Crippen molar-refractivity contribution in [2.75, 3.05) is 23.9 Å². The number of nitrogens with one attached hydrogen (secondary N) is 1. The second-order valence-corrected chi connectivity index (χ2v) is 10.2. The van der Waals surface area contributed by atoms with Crippen molar-refractivity contribution in [3.05, 3.63) is 59.7 Å². The molecule has 2 fully saturated rings. The number of fused-ring (bicyclic) bond motifs is 1. The van der Waals surface area contributed by atoms with Gasteiger partial charge in [0.25, 0.3) is 10.0 Å². The van der Waals surface area contributed by atoms with Gasteiger partial charge in [-0.1, -0.05) is 30.3 Å². The molecule has 2 aliphatic heterocycles. The third-order valence-corrected chi connectivity index (χ3v) is 8.17. The van der Waals surface area contributed by atoms with Crippen LogP contribution in [0.5, 0.6) is 0 Å². The van der Waals surface area contributed by atoms with E-state index in [1.165, 1.54) is 18.4 Å². The van der Waals surface area contributed by atoms with Gasteiger partial charge in [-0.15, -0.1) is 0 Å². The molecular formula is C23H27N3O2S. The lowest BCUT2D eigenvalue weighted by Gasteiger charge is -2.19. The summed E-state index contributed by atoms with van der Waals surface area (Å²) in [6.07, 6.45) is 6.43. The summed E-state index contributed by atoms with van der Waals surface area (Å²) in [6.45, 7) is 2.70. The zero-order valence-electron chi connectivity index (χ0n) is 16.5. The highest BCUT2D eigenvalue weighted by atomic mass is 32.2. The quantitative estimate of drug-likeness (QED) is 0.771. The van der Waals surface area contributed by atoms with Gasteiger partial charge in [-0.05, 0) is 74.0 Å². The summed E-state index contributed by atoms with van der Waals surface area (Å²) >= 11 is 0. The summed E-state index contributed by atoms with van der Waals surface area (Å²) in [5, 5.41) is 3.39. The summed E-state index contributed by atoms with van der Waals surface area (Å²) in [7, 11) is -3.50. The summed E-state index contributed by atoms with van der Waals surface area (Å²) in [4.78, 5) is 5.20. The summed E-state index contributed by atoms with van der Waals surface area (Å²) < 4.78 is 27.6. The Kier molecular flexibility index (Phi) is 4.92. The molecule has 29 heavy (non-hydrogen) atoms. The Balaban J connectivity index is 1.30. The molecule has 3 aliphatic rings. The van der Waals surface area contributed by atoms with Crippen molar-refractivity contribution in [3.63, 3.8) is 0 Å². The first kappa shape index (κ1) is 18.8. The maximum atomic E-state index is 13.0. The van der Waals surface area contributed by atoms with Gasteiger partial charge in [0.05, 0.1) is 16.6 Å². The van der Waals surface area contributed by atoms with E-state index in [9.17, 15) is 8.42 Å². The fourth-order valence-corrected chi connectivity index (χ4v) is 6.05. The molecule has 152 valence electrons. The van der Waals surface area contributed by atoms with Gasteiger partial charge in [0.2, 0.25) is 0 Å². The van der Waals surface area contributed by atoms with E-state index in [1.807, 2.05) is 12.1 Å². The molecule has 2 unspecified atom stereocenters. The number of rotatable bonds is 5. The monoisotopic (exact) mass is 409 g/mol. The van der Waals surface area contributed by atoms with Crippen LogP contribution in [-0.2, 0) is 16.4 Å². The van der Waals surface area contributed by atoms with Crippen molar-refractivity contribution < 1.29 is 8.42 Å². The van der Waals surface area contributed by atoms with Crippen LogP contribution >= 0.6 is 0 Å². The average Bonchev–Trinajstić information content (AvgIpc) is 3.41. The van der Waals surface area contributed by atoms with E-state index in [4.69, 9.17) is 4.99 Å². The molecule has 1 aliphatic carbocycles. The second kappa shape index (κ2) is 7.58. The number of sulfonamides is 1. The molecule has 5 nitrogen and oxygen atoms in total. The van der Waals surface area contributed by atoms with Crippen molar-refractivity contribution in [2.45, 2.75) is 42.5 Å². The Labute approximate surface area is 172 Å². The predicted molar refractivity (Wildman–Crippen MR) is 116 cm³/mol. The van der Waals surface area contributed by atoms with E-state index in [0.29, 0.717) is 29.3 Å². The van der Waals surface area contributed by atoms with Gasteiger partial charge >= 0.3 is 0 Å². The SMILES string of the molecule is O=S(=O)(c1ccccc1)N1CCc2cc(C3CC3/N=C/C3CCNCC3)ccc21. The molecule has 6 heteroatoms. The molecule has 2 aromatic carbocycles. The average molecular weight is 410 g/mol. The van der Waals surface area contributed by atoms with Crippen molar-refractivity contribution in [1.29, 1.82) is 0 Å². The lowest BCUT2D eigenvalue weighted by molar-refractivity contribution is 0.461. The molecular weight excluding hydrogens is 382 g/mol. The largest absolute Gasteiger partial charge is 0.317 e. The minimum atomic E-state index is -3.50. The smallest absolute Gasteiger partial charge is 0.264 e. The van der Waals surface area contributed by atoms with E-state index in [2.05, 4.69) is 23.7 Å².